The number of benzene rings is 1. The molecule has 0 aliphatic carbocycles. The van der Waals surface area contributed by atoms with E-state index in [2.05, 4.69) is 6.07 Å². The predicted octanol–water partition coefficient (Wildman–Crippen LogP) is 3.62. The zero-order chi connectivity index (χ0) is 14.1. The molecular formula is C17H18N2O. The second-order valence-electron chi connectivity index (χ2n) is 5.46. The summed E-state index contributed by atoms with van der Waals surface area (Å²) in [6, 6.07) is 8.44. The first-order valence-electron chi connectivity index (χ1n) is 7.10. The van der Waals surface area contributed by atoms with Crippen molar-refractivity contribution < 1.29 is 4.74 Å². The lowest BCUT2D eigenvalue weighted by molar-refractivity contribution is 0.0844. The first-order valence-corrected chi connectivity index (χ1v) is 7.10. The molecule has 20 heavy (non-hydrogen) atoms. The van der Waals surface area contributed by atoms with Gasteiger partial charge in [-0.1, -0.05) is 12.1 Å². The lowest BCUT2D eigenvalue weighted by Crippen LogP contribution is -2.17. The van der Waals surface area contributed by atoms with E-state index in [1.165, 1.54) is 0 Å². The molecule has 0 bridgehead atoms. The van der Waals surface area contributed by atoms with Gasteiger partial charge < -0.3 is 4.74 Å². The molecule has 1 fully saturated rings. The van der Waals surface area contributed by atoms with Crippen LogP contribution in [-0.2, 0) is 4.74 Å². The highest BCUT2D eigenvalue weighted by molar-refractivity contribution is 5.89. The van der Waals surface area contributed by atoms with Crippen LogP contribution < -0.4 is 0 Å². The lowest BCUT2D eigenvalue weighted by Gasteiger charge is -2.24. The topological polar surface area (TPSA) is 45.9 Å². The maximum absolute atomic E-state index is 9.56. The van der Waals surface area contributed by atoms with Gasteiger partial charge in [-0.2, -0.15) is 5.26 Å². The average molecular weight is 266 g/mol. The minimum absolute atomic E-state index is 0.417. The molecule has 0 saturated carbocycles. The summed E-state index contributed by atoms with van der Waals surface area (Å²) in [5.74, 6) is 0.417. The molecule has 0 amide bonds. The quantitative estimate of drug-likeness (QED) is 0.792. The van der Waals surface area contributed by atoms with Crippen LogP contribution in [0.25, 0.3) is 10.9 Å². The van der Waals surface area contributed by atoms with Gasteiger partial charge in [0.1, 0.15) is 6.07 Å². The third-order valence-corrected chi connectivity index (χ3v) is 4.22. The van der Waals surface area contributed by atoms with Crippen molar-refractivity contribution in [2.45, 2.75) is 32.6 Å². The molecule has 0 unspecified atom stereocenters. The molecule has 3 nitrogen and oxygen atoms in total. The van der Waals surface area contributed by atoms with Gasteiger partial charge in [0.05, 0.1) is 11.1 Å². The van der Waals surface area contributed by atoms with Crippen LogP contribution in [0.3, 0.4) is 0 Å². The largest absolute Gasteiger partial charge is 0.381 e. The van der Waals surface area contributed by atoms with Crippen LogP contribution in [0.2, 0.25) is 0 Å². The van der Waals surface area contributed by atoms with E-state index in [0.29, 0.717) is 5.92 Å². The fourth-order valence-electron chi connectivity index (χ4n) is 3.11. The Morgan fingerprint density at radius 3 is 2.70 bits per heavy atom. The minimum Gasteiger partial charge on any atom is -0.381 e. The molecule has 2 heterocycles. The fraction of sp³-hybridized carbons (Fsp3) is 0.412. The molecule has 0 spiro atoms. The number of hydrogen-bond acceptors (Lipinski definition) is 3. The highest BCUT2D eigenvalue weighted by Gasteiger charge is 2.22. The van der Waals surface area contributed by atoms with Crippen molar-refractivity contribution in [2.75, 3.05) is 13.2 Å². The molecule has 1 aromatic carbocycles. The summed E-state index contributed by atoms with van der Waals surface area (Å²) in [6.07, 6.45) is 1.99. The highest BCUT2D eigenvalue weighted by atomic mass is 16.5. The Balaban J connectivity index is 2.24. The van der Waals surface area contributed by atoms with E-state index in [9.17, 15) is 5.26 Å². The van der Waals surface area contributed by atoms with Crippen LogP contribution in [-0.4, -0.2) is 18.2 Å². The molecule has 2 aromatic rings. The van der Waals surface area contributed by atoms with E-state index in [0.717, 1.165) is 59.3 Å². The zero-order valence-corrected chi connectivity index (χ0v) is 11.9. The number of hydrogen-bond donors (Lipinski definition) is 0. The van der Waals surface area contributed by atoms with E-state index in [-0.39, 0.29) is 0 Å². The van der Waals surface area contributed by atoms with Gasteiger partial charge in [-0.25, -0.2) is 0 Å². The van der Waals surface area contributed by atoms with Crippen molar-refractivity contribution in [3.63, 3.8) is 0 Å². The van der Waals surface area contributed by atoms with E-state index in [4.69, 9.17) is 9.72 Å². The van der Waals surface area contributed by atoms with Crippen molar-refractivity contribution in [3.8, 4) is 6.07 Å². The second kappa shape index (κ2) is 5.22. The molecule has 1 saturated heterocycles. The number of aromatic nitrogens is 1. The number of pyridine rings is 1. The van der Waals surface area contributed by atoms with Gasteiger partial charge in [0, 0.05) is 30.2 Å². The molecule has 3 heteroatoms. The van der Waals surface area contributed by atoms with Crippen LogP contribution in [0.15, 0.2) is 18.2 Å². The van der Waals surface area contributed by atoms with Crippen LogP contribution >= 0.6 is 0 Å². The second-order valence-corrected chi connectivity index (χ2v) is 5.46. The zero-order valence-electron chi connectivity index (χ0n) is 11.9. The first-order chi connectivity index (χ1) is 9.72. The summed E-state index contributed by atoms with van der Waals surface area (Å²) in [6.45, 7) is 5.65. The van der Waals surface area contributed by atoms with Gasteiger partial charge in [-0.05, 0) is 43.9 Å². The van der Waals surface area contributed by atoms with Crippen molar-refractivity contribution in [1.82, 2.24) is 4.98 Å². The molecule has 0 N–H and O–H groups in total. The molecular weight excluding hydrogens is 248 g/mol. The summed E-state index contributed by atoms with van der Waals surface area (Å²) >= 11 is 0. The molecule has 0 atom stereocenters. The van der Waals surface area contributed by atoms with E-state index >= 15 is 0 Å². The summed E-state index contributed by atoms with van der Waals surface area (Å²) in [5, 5.41) is 10.6. The van der Waals surface area contributed by atoms with E-state index < -0.39 is 0 Å². The van der Waals surface area contributed by atoms with E-state index in [1.807, 2.05) is 32.0 Å². The van der Waals surface area contributed by atoms with Gasteiger partial charge in [0.15, 0.2) is 0 Å². The number of nitrogens with zero attached hydrogens (tertiary/aromatic N) is 2. The molecule has 0 radical (unpaired) electrons. The standard InChI is InChI=1S/C17H18N2O/c1-11-4-3-5-15-16(11)14(10-18)12(2)17(19-15)13-6-8-20-9-7-13/h3-5,13H,6-9H2,1-2H3. The maximum Gasteiger partial charge on any atom is 0.100 e. The average Bonchev–Trinajstić information content (AvgIpc) is 2.48. The van der Waals surface area contributed by atoms with Gasteiger partial charge in [-0.15, -0.1) is 0 Å². The number of rotatable bonds is 1. The van der Waals surface area contributed by atoms with Crippen LogP contribution in [0.5, 0.6) is 0 Å². The molecule has 1 aliphatic rings. The minimum atomic E-state index is 0.417. The predicted molar refractivity (Wildman–Crippen MR) is 78.7 cm³/mol. The van der Waals surface area contributed by atoms with Crippen LogP contribution in [0.1, 0.15) is 41.1 Å². The van der Waals surface area contributed by atoms with Crippen LogP contribution in [0, 0.1) is 25.2 Å². The van der Waals surface area contributed by atoms with Gasteiger partial charge >= 0.3 is 0 Å². The van der Waals surface area contributed by atoms with Crippen molar-refractivity contribution in [3.05, 3.63) is 40.6 Å². The third kappa shape index (κ3) is 2.07. The third-order valence-electron chi connectivity index (χ3n) is 4.22. The fourth-order valence-corrected chi connectivity index (χ4v) is 3.11. The van der Waals surface area contributed by atoms with Crippen molar-refractivity contribution in [2.24, 2.45) is 0 Å². The molecule has 1 aromatic heterocycles. The normalized spacial score (nSPS) is 16.2. The van der Waals surface area contributed by atoms with Gasteiger partial charge in [-0.3, -0.25) is 4.98 Å². The van der Waals surface area contributed by atoms with Crippen molar-refractivity contribution in [1.29, 1.82) is 5.26 Å². The maximum atomic E-state index is 9.56. The molecule has 3 rings (SSSR count). The summed E-state index contributed by atoms with van der Waals surface area (Å²) in [5.41, 5.74) is 4.97. The number of fused-ring (bicyclic) bond motifs is 1. The Kier molecular flexibility index (Phi) is 3.42. The number of nitriles is 1. The number of aryl methyl sites for hydroxylation is 1. The molecule has 102 valence electrons. The first kappa shape index (κ1) is 13.1. The van der Waals surface area contributed by atoms with E-state index in [1.54, 1.807) is 0 Å². The number of ether oxygens (including phenoxy) is 1. The van der Waals surface area contributed by atoms with Gasteiger partial charge in [0.2, 0.25) is 0 Å². The summed E-state index contributed by atoms with van der Waals surface area (Å²) in [4.78, 5) is 4.86. The highest BCUT2D eigenvalue weighted by Crippen LogP contribution is 2.33. The lowest BCUT2D eigenvalue weighted by atomic mass is 9.89. The Hall–Kier alpha value is -1.92. The monoisotopic (exact) mass is 266 g/mol. The Labute approximate surface area is 119 Å². The summed E-state index contributed by atoms with van der Waals surface area (Å²) in [7, 11) is 0. The molecule has 1 aliphatic heterocycles. The van der Waals surface area contributed by atoms with Gasteiger partial charge in [0.25, 0.3) is 0 Å². The van der Waals surface area contributed by atoms with Crippen LogP contribution in [0.4, 0.5) is 0 Å². The van der Waals surface area contributed by atoms with Crippen molar-refractivity contribution >= 4 is 10.9 Å². The Morgan fingerprint density at radius 2 is 2.00 bits per heavy atom. The SMILES string of the molecule is Cc1c(C2CCOCC2)nc2cccc(C)c2c1C#N. The Morgan fingerprint density at radius 1 is 1.25 bits per heavy atom. The Bertz CT molecular complexity index is 694. The summed E-state index contributed by atoms with van der Waals surface area (Å²) < 4.78 is 5.43. The smallest absolute Gasteiger partial charge is 0.100 e.